The molecule has 0 unspecified atom stereocenters. The Morgan fingerprint density at radius 3 is 2.65 bits per heavy atom. The van der Waals surface area contributed by atoms with Crippen LogP contribution in [0, 0.1) is 0 Å². The van der Waals surface area contributed by atoms with E-state index in [1.165, 1.54) is 0 Å². The van der Waals surface area contributed by atoms with Crippen LogP contribution in [-0.2, 0) is 23.0 Å². The topological polar surface area (TPSA) is 117 Å². The molecule has 23 heavy (non-hydrogen) atoms. The lowest BCUT2D eigenvalue weighted by Gasteiger charge is -2.09. The van der Waals surface area contributed by atoms with Crippen molar-refractivity contribution in [1.29, 1.82) is 0 Å². The molecule has 7 nitrogen and oxygen atoms in total. The van der Waals surface area contributed by atoms with Crippen molar-refractivity contribution in [2.24, 2.45) is 5.14 Å². The van der Waals surface area contributed by atoms with Crippen LogP contribution in [-0.4, -0.2) is 28.7 Å². The van der Waals surface area contributed by atoms with Gasteiger partial charge in [-0.3, -0.25) is 0 Å². The van der Waals surface area contributed by atoms with Crippen molar-refractivity contribution in [3.8, 4) is 0 Å². The molecule has 2 heterocycles. The van der Waals surface area contributed by atoms with Crippen LogP contribution < -0.4 is 10.9 Å². The zero-order valence-electron chi connectivity index (χ0n) is 12.9. The van der Waals surface area contributed by atoms with Crippen molar-refractivity contribution in [3.05, 3.63) is 30.1 Å². The minimum Gasteiger partial charge on any atom is -0.382 e. The van der Waals surface area contributed by atoms with Gasteiger partial charge in [-0.05, 0) is 12.5 Å². The molecule has 2 aromatic heterocycles. The molecule has 0 aliphatic rings. The second kappa shape index (κ2) is 5.78. The van der Waals surface area contributed by atoms with Crippen molar-refractivity contribution in [2.45, 2.75) is 26.3 Å². The number of benzene rings is 1. The number of hydrogen-bond donors (Lipinski definition) is 2. The van der Waals surface area contributed by atoms with Crippen LogP contribution >= 0.6 is 0 Å². The smallest absolute Gasteiger partial charge is 0.209 e. The number of imidazole rings is 1. The Kier molecular flexibility index (Phi) is 3.95. The molecule has 0 bridgehead atoms. The van der Waals surface area contributed by atoms with Gasteiger partial charge in [0.1, 0.15) is 11.3 Å². The summed E-state index contributed by atoms with van der Waals surface area (Å²) >= 11 is 0. The van der Waals surface area contributed by atoms with Crippen LogP contribution in [0.15, 0.2) is 24.3 Å². The number of primary sulfonamides is 1. The standard InChI is InChI=1S/C15H19N5O2S/c1-2-12-19-13-14(20(12)8-5-9-23(17,21)22)10-6-3-4-7-11(10)18-15(13)16/h3-4,6-7H,2,5,8-9H2,1H3,(H2,16,18)(H2,17,21,22). The number of anilines is 1. The van der Waals surface area contributed by atoms with E-state index in [9.17, 15) is 8.42 Å². The molecular formula is C15H19N5O2S. The summed E-state index contributed by atoms with van der Waals surface area (Å²) in [4.78, 5) is 8.99. The Hall–Kier alpha value is -2.19. The van der Waals surface area contributed by atoms with Gasteiger partial charge in [-0.2, -0.15) is 0 Å². The lowest BCUT2D eigenvalue weighted by molar-refractivity contribution is 0.587. The van der Waals surface area contributed by atoms with E-state index in [-0.39, 0.29) is 5.75 Å². The maximum Gasteiger partial charge on any atom is 0.209 e. The highest BCUT2D eigenvalue weighted by molar-refractivity contribution is 7.89. The van der Waals surface area contributed by atoms with Gasteiger partial charge in [0.15, 0.2) is 5.82 Å². The zero-order chi connectivity index (χ0) is 16.6. The lowest BCUT2D eigenvalue weighted by atomic mass is 10.2. The Balaban J connectivity index is 2.18. The monoisotopic (exact) mass is 333 g/mol. The fraction of sp³-hybridized carbons (Fsp3) is 0.333. The number of nitrogens with two attached hydrogens (primary N) is 2. The third-order valence-corrected chi connectivity index (χ3v) is 4.67. The minimum absolute atomic E-state index is 0.0612. The molecular weight excluding hydrogens is 314 g/mol. The summed E-state index contributed by atoms with van der Waals surface area (Å²) < 4.78 is 24.4. The first-order chi connectivity index (χ1) is 10.9. The SMILES string of the molecule is CCc1nc2c(N)nc3ccccc3c2n1CCCS(N)(=O)=O. The van der Waals surface area contributed by atoms with E-state index in [0.717, 1.165) is 28.7 Å². The zero-order valence-corrected chi connectivity index (χ0v) is 13.7. The molecule has 0 aliphatic heterocycles. The van der Waals surface area contributed by atoms with E-state index >= 15 is 0 Å². The molecule has 1 aromatic carbocycles. The third-order valence-electron chi connectivity index (χ3n) is 3.82. The van der Waals surface area contributed by atoms with Crippen LogP contribution in [0.3, 0.4) is 0 Å². The summed E-state index contributed by atoms with van der Waals surface area (Å²) in [6.07, 6.45) is 1.14. The summed E-state index contributed by atoms with van der Waals surface area (Å²) in [5.74, 6) is 1.19. The van der Waals surface area contributed by atoms with Crippen LogP contribution in [0.4, 0.5) is 5.82 Å². The van der Waals surface area contributed by atoms with Crippen LogP contribution in [0.5, 0.6) is 0 Å². The highest BCUT2D eigenvalue weighted by Crippen LogP contribution is 2.29. The fourth-order valence-corrected chi connectivity index (χ4v) is 3.37. The van der Waals surface area contributed by atoms with Gasteiger partial charge < -0.3 is 10.3 Å². The first-order valence-corrected chi connectivity index (χ1v) is 9.16. The van der Waals surface area contributed by atoms with Gasteiger partial charge in [-0.1, -0.05) is 25.1 Å². The van der Waals surface area contributed by atoms with Gasteiger partial charge in [0, 0.05) is 18.4 Å². The largest absolute Gasteiger partial charge is 0.382 e. The molecule has 0 saturated carbocycles. The molecule has 0 aliphatic carbocycles. The highest BCUT2D eigenvalue weighted by atomic mass is 32.2. The van der Waals surface area contributed by atoms with Crippen molar-refractivity contribution in [2.75, 3.05) is 11.5 Å². The molecule has 122 valence electrons. The molecule has 0 atom stereocenters. The molecule has 0 spiro atoms. The highest BCUT2D eigenvalue weighted by Gasteiger charge is 2.16. The van der Waals surface area contributed by atoms with Gasteiger partial charge in [0.2, 0.25) is 10.0 Å². The van der Waals surface area contributed by atoms with Gasteiger partial charge in [-0.15, -0.1) is 0 Å². The number of pyridine rings is 1. The average molecular weight is 333 g/mol. The number of nitrogens with zero attached hydrogens (tertiary/aromatic N) is 3. The Bertz CT molecular complexity index is 978. The lowest BCUT2D eigenvalue weighted by Crippen LogP contribution is -2.18. The predicted molar refractivity (Wildman–Crippen MR) is 91.4 cm³/mol. The molecule has 0 saturated heterocycles. The van der Waals surface area contributed by atoms with Gasteiger partial charge in [0.05, 0.1) is 16.8 Å². The number of aromatic nitrogens is 3. The number of fused-ring (bicyclic) bond motifs is 3. The third kappa shape index (κ3) is 2.99. The Morgan fingerprint density at radius 1 is 1.22 bits per heavy atom. The Morgan fingerprint density at radius 2 is 1.96 bits per heavy atom. The summed E-state index contributed by atoms with van der Waals surface area (Å²) in [5, 5.41) is 6.05. The van der Waals surface area contributed by atoms with E-state index < -0.39 is 10.0 Å². The molecule has 4 N–H and O–H groups in total. The second-order valence-electron chi connectivity index (χ2n) is 5.47. The normalized spacial score (nSPS) is 12.3. The van der Waals surface area contributed by atoms with Crippen molar-refractivity contribution in [3.63, 3.8) is 0 Å². The molecule has 3 aromatic rings. The van der Waals surface area contributed by atoms with E-state index in [1.807, 2.05) is 35.8 Å². The summed E-state index contributed by atoms with van der Waals surface area (Å²) in [7, 11) is -3.47. The fourth-order valence-electron chi connectivity index (χ4n) is 2.84. The quantitative estimate of drug-likeness (QED) is 0.732. The first-order valence-electron chi connectivity index (χ1n) is 7.44. The summed E-state index contributed by atoms with van der Waals surface area (Å²) in [6, 6.07) is 7.72. The van der Waals surface area contributed by atoms with Gasteiger partial charge in [-0.25, -0.2) is 23.5 Å². The Labute approximate surface area is 134 Å². The van der Waals surface area contributed by atoms with Crippen molar-refractivity contribution in [1.82, 2.24) is 14.5 Å². The minimum atomic E-state index is -3.47. The number of nitrogen functional groups attached to an aromatic ring is 1. The van der Waals surface area contributed by atoms with Crippen LogP contribution in [0.25, 0.3) is 21.9 Å². The molecule has 0 amide bonds. The summed E-state index contributed by atoms with van der Waals surface area (Å²) in [6.45, 7) is 2.52. The van der Waals surface area contributed by atoms with Crippen molar-refractivity contribution >= 4 is 37.8 Å². The maximum atomic E-state index is 11.2. The van der Waals surface area contributed by atoms with Crippen LogP contribution in [0.1, 0.15) is 19.2 Å². The van der Waals surface area contributed by atoms with Crippen molar-refractivity contribution < 1.29 is 8.42 Å². The molecule has 8 heteroatoms. The maximum absolute atomic E-state index is 11.2. The first kappa shape index (κ1) is 15.7. The number of aryl methyl sites for hydroxylation is 2. The summed E-state index contributed by atoms with van der Waals surface area (Å²) in [5.41, 5.74) is 8.42. The van der Waals surface area contributed by atoms with E-state index in [1.54, 1.807) is 0 Å². The van der Waals surface area contributed by atoms with Gasteiger partial charge in [0.25, 0.3) is 0 Å². The average Bonchev–Trinajstić information content (AvgIpc) is 2.86. The molecule has 0 fully saturated rings. The predicted octanol–water partition coefficient (Wildman–Crippen LogP) is 1.41. The molecule has 0 radical (unpaired) electrons. The number of hydrogen-bond acceptors (Lipinski definition) is 5. The number of rotatable bonds is 5. The van der Waals surface area contributed by atoms with Gasteiger partial charge >= 0.3 is 0 Å². The number of sulfonamides is 1. The van der Waals surface area contributed by atoms with Crippen LogP contribution in [0.2, 0.25) is 0 Å². The molecule has 3 rings (SSSR count). The van der Waals surface area contributed by atoms with E-state index in [0.29, 0.717) is 24.3 Å². The van der Waals surface area contributed by atoms with E-state index in [4.69, 9.17) is 10.9 Å². The number of para-hydroxylation sites is 1. The van der Waals surface area contributed by atoms with E-state index in [2.05, 4.69) is 9.97 Å². The second-order valence-corrected chi connectivity index (χ2v) is 7.20.